The summed E-state index contributed by atoms with van der Waals surface area (Å²) >= 11 is 5.82. The molecular formula is C11H14ClN. The van der Waals surface area contributed by atoms with Gasteiger partial charge in [0.15, 0.2) is 0 Å². The SMILES string of the molecule is Clc1ccc(C[C@@H]2CCNC2)cc1. The van der Waals surface area contributed by atoms with Gasteiger partial charge >= 0.3 is 0 Å². The average Bonchev–Trinajstić information content (AvgIpc) is 2.62. The fourth-order valence-corrected chi connectivity index (χ4v) is 1.97. The van der Waals surface area contributed by atoms with Gasteiger partial charge in [-0.1, -0.05) is 23.7 Å². The van der Waals surface area contributed by atoms with Crippen LogP contribution in [0.3, 0.4) is 0 Å². The molecule has 1 aromatic carbocycles. The van der Waals surface area contributed by atoms with Crippen LogP contribution in [0.4, 0.5) is 0 Å². The number of benzene rings is 1. The second-order valence-corrected chi connectivity index (χ2v) is 4.13. The number of nitrogens with one attached hydrogen (secondary N) is 1. The van der Waals surface area contributed by atoms with E-state index in [1.165, 1.54) is 31.5 Å². The fraction of sp³-hybridized carbons (Fsp3) is 0.455. The average molecular weight is 196 g/mol. The van der Waals surface area contributed by atoms with Crippen molar-refractivity contribution >= 4 is 11.6 Å². The third-order valence-electron chi connectivity index (χ3n) is 2.60. The molecule has 0 spiro atoms. The van der Waals surface area contributed by atoms with Crippen LogP contribution in [0, 0.1) is 5.92 Å². The van der Waals surface area contributed by atoms with Gasteiger partial charge in [0, 0.05) is 5.02 Å². The highest BCUT2D eigenvalue weighted by atomic mass is 35.5. The van der Waals surface area contributed by atoms with Crippen molar-refractivity contribution in [1.82, 2.24) is 5.32 Å². The lowest BCUT2D eigenvalue weighted by Crippen LogP contribution is -2.10. The summed E-state index contributed by atoms with van der Waals surface area (Å²) in [5, 5.41) is 4.21. The van der Waals surface area contributed by atoms with Gasteiger partial charge in [0.25, 0.3) is 0 Å². The highest BCUT2D eigenvalue weighted by Gasteiger charge is 2.14. The van der Waals surface area contributed by atoms with E-state index >= 15 is 0 Å². The lowest BCUT2D eigenvalue weighted by atomic mass is 9.99. The van der Waals surface area contributed by atoms with Gasteiger partial charge in [-0.15, -0.1) is 0 Å². The minimum absolute atomic E-state index is 0.821. The molecule has 0 amide bonds. The first-order valence-corrected chi connectivity index (χ1v) is 5.17. The van der Waals surface area contributed by atoms with Crippen LogP contribution in [0.15, 0.2) is 24.3 Å². The molecule has 0 radical (unpaired) electrons. The Bertz CT molecular complexity index is 262. The van der Waals surface area contributed by atoms with Gasteiger partial charge in [0.05, 0.1) is 0 Å². The van der Waals surface area contributed by atoms with Crippen molar-refractivity contribution in [3.05, 3.63) is 34.9 Å². The summed E-state index contributed by atoms with van der Waals surface area (Å²) in [5.41, 5.74) is 1.40. The molecule has 1 N–H and O–H groups in total. The van der Waals surface area contributed by atoms with Crippen molar-refractivity contribution in [2.24, 2.45) is 5.92 Å². The first kappa shape index (κ1) is 9.04. The maximum absolute atomic E-state index is 5.82. The van der Waals surface area contributed by atoms with Gasteiger partial charge in [0.2, 0.25) is 0 Å². The van der Waals surface area contributed by atoms with E-state index in [0.29, 0.717) is 0 Å². The minimum atomic E-state index is 0.821. The van der Waals surface area contributed by atoms with Gasteiger partial charge in [-0.3, -0.25) is 0 Å². The van der Waals surface area contributed by atoms with Gasteiger partial charge in [0.1, 0.15) is 0 Å². The summed E-state index contributed by atoms with van der Waals surface area (Å²) < 4.78 is 0. The number of halogens is 1. The molecule has 1 heterocycles. The summed E-state index contributed by atoms with van der Waals surface area (Å²) in [4.78, 5) is 0. The second kappa shape index (κ2) is 4.12. The van der Waals surface area contributed by atoms with Gasteiger partial charge < -0.3 is 5.32 Å². The van der Waals surface area contributed by atoms with Crippen LogP contribution < -0.4 is 5.32 Å². The Hall–Kier alpha value is -0.530. The zero-order valence-corrected chi connectivity index (χ0v) is 8.35. The molecule has 1 nitrogen and oxygen atoms in total. The van der Waals surface area contributed by atoms with Crippen LogP contribution in [-0.2, 0) is 6.42 Å². The first-order chi connectivity index (χ1) is 6.34. The molecule has 2 rings (SSSR count). The molecule has 1 saturated heterocycles. The summed E-state index contributed by atoms with van der Waals surface area (Å²) in [6.45, 7) is 2.35. The quantitative estimate of drug-likeness (QED) is 0.765. The molecule has 1 aliphatic heterocycles. The van der Waals surface area contributed by atoms with E-state index in [0.717, 1.165) is 10.9 Å². The van der Waals surface area contributed by atoms with E-state index in [2.05, 4.69) is 17.4 Å². The smallest absolute Gasteiger partial charge is 0.0406 e. The lowest BCUT2D eigenvalue weighted by Gasteiger charge is -2.07. The molecule has 1 aromatic rings. The third kappa shape index (κ3) is 2.45. The largest absolute Gasteiger partial charge is 0.316 e. The Morgan fingerprint density at radius 2 is 2.08 bits per heavy atom. The molecule has 1 fully saturated rings. The Kier molecular flexibility index (Phi) is 2.87. The van der Waals surface area contributed by atoms with Crippen LogP contribution in [-0.4, -0.2) is 13.1 Å². The molecule has 0 aromatic heterocycles. The van der Waals surface area contributed by atoms with E-state index in [1.54, 1.807) is 0 Å². The second-order valence-electron chi connectivity index (χ2n) is 3.69. The molecule has 13 heavy (non-hydrogen) atoms. The van der Waals surface area contributed by atoms with Crippen LogP contribution >= 0.6 is 11.6 Å². The minimum Gasteiger partial charge on any atom is -0.316 e. The zero-order chi connectivity index (χ0) is 9.10. The van der Waals surface area contributed by atoms with Crippen molar-refractivity contribution in [3.8, 4) is 0 Å². The van der Waals surface area contributed by atoms with E-state index in [1.807, 2.05) is 12.1 Å². The van der Waals surface area contributed by atoms with E-state index in [4.69, 9.17) is 11.6 Å². The fourth-order valence-electron chi connectivity index (χ4n) is 1.84. The van der Waals surface area contributed by atoms with Crippen LogP contribution in [0.25, 0.3) is 0 Å². The highest BCUT2D eigenvalue weighted by Crippen LogP contribution is 2.16. The van der Waals surface area contributed by atoms with Crippen molar-refractivity contribution in [3.63, 3.8) is 0 Å². The first-order valence-electron chi connectivity index (χ1n) is 4.80. The molecule has 0 unspecified atom stereocenters. The molecule has 70 valence electrons. The van der Waals surface area contributed by atoms with Gasteiger partial charge in [-0.05, 0) is 49.5 Å². The van der Waals surface area contributed by atoms with Crippen LogP contribution in [0.2, 0.25) is 5.02 Å². The van der Waals surface area contributed by atoms with Crippen molar-refractivity contribution in [2.45, 2.75) is 12.8 Å². The summed E-state index contributed by atoms with van der Waals surface area (Å²) in [5.74, 6) is 0.821. The maximum Gasteiger partial charge on any atom is 0.0406 e. The van der Waals surface area contributed by atoms with Crippen molar-refractivity contribution in [1.29, 1.82) is 0 Å². The van der Waals surface area contributed by atoms with Crippen LogP contribution in [0.1, 0.15) is 12.0 Å². The van der Waals surface area contributed by atoms with Gasteiger partial charge in [-0.25, -0.2) is 0 Å². The third-order valence-corrected chi connectivity index (χ3v) is 2.85. The molecule has 2 heteroatoms. The summed E-state index contributed by atoms with van der Waals surface area (Å²) in [6, 6.07) is 8.19. The summed E-state index contributed by atoms with van der Waals surface area (Å²) in [6.07, 6.45) is 2.49. The zero-order valence-electron chi connectivity index (χ0n) is 7.59. The molecule has 0 bridgehead atoms. The topological polar surface area (TPSA) is 12.0 Å². The molecular weight excluding hydrogens is 182 g/mol. The Balaban J connectivity index is 1.97. The van der Waals surface area contributed by atoms with Gasteiger partial charge in [-0.2, -0.15) is 0 Å². The monoisotopic (exact) mass is 195 g/mol. The number of rotatable bonds is 2. The van der Waals surface area contributed by atoms with E-state index in [-0.39, 0.29) is 0 Å². The molecule has 0 aliphatic carbocycles. The maximum atomic E-state index is 5.82. The predicted octanol–water partition coefficient (Wildman–Crippen LogP) is 2.49. The molecule has 1 aliphatic rings. The lowest BCUT2D eigenvalue weighted by molar-refractivity contribution is 0.580. The van der Waals surface area contributed by atoms with E-state index < -0.39 is 0 Å². The normalized spacial score (nSPS) is 22.1. The summed E-state index contributed by atoms with van der Waals surface area (Å²) in [7, 11) is 0. The Morgan fingerprint density at radius 3 is 2.69 bits per heavy atom. The Morgan fingerprint density at radius 1 is 1.31 bits per heavy atom. The standard InChI is InChI=1S/C11H14ClN/c12-11-3-1-9(2-4-11)7-10-5-6-13-8-10/h1-4,10,13H,5-8H2/t10-/m0/s1. The number of hydrogen-bond donors (Lipinski definition) is 1. The van der Waals surface area contributed by atoms with Crippen LogP contribution in [0.5, 0.6) is 0 Å². The molecule has 0 saturated carbocycles. The molecule has 1 atom stereocenters. The predicted molar refractivity (Wildman–Crippen MR) is 56.1 cm³/mol. The highest BCUT2D eigenvalue weighted by molar-refractivity contribution is 6.30. The van der Waals surface area contributed by atoms with Crippen molar-refractivity contribution < 1.29 is 0 Å². The van der Waals surface area contributed by atoms with E-state index in [9.17, 15) is 0 Å². The Labute approximate surface area is 84.1 Å². The number of hydrogen-bond acceptors (Lipinski definition) is 1. The van der Waals surface area contributed by atoms with Crippen molar-refractivity contribution in [2.75, 3.05) is 13.1 Å².